The number of nitrogens with one attached hydrogen (secondary N) is 1. The number of fused-ring (bicyclic) bond motifs is 1. The molecule has 0 aromatic carbocycles. The average Bonchev–Trinajstić information content (AvgIpc) is 3.10. The second kappa shape index (κ2) is 10.9. The van der Waals surface area contributed by atoms with Crippen LogP contribution < -0.4 is 5.32 Å². The molecule has 0 aliphatic heterocycles. The van der Waals surface area contributed by atoms with E-state index in [1.807, 2.05) is 0 Å². The van der Waals surface area contributed by atoms with Crippen molar-refractivity contribution < 1.29 is 0 Å². The molecule has 7 atom stereocenters. The predicted molar refractivity (Wildman–Crippen MR) is 140 cm³/mol. The largest absolute Gasteiger partial charge is 0.313 e. The molecule has 188 valence electrons. The van der Waals surface area contributed by atoms with Crippen LogP contribution in [0.5, 0.6) is 0 Å². The summed E-state index contributed by atoms with van der Waals surface area (Å²) in [6.07, 6.45) is 32.5. The molecule has 33 heavy (non-hydrogen) atoms. The van der Waals surface area contributed by atoms with E-state index in [-0.39, 0.29) is 0 Å². The van der Waals surface area contributed by atoms with Gasteiger partial charge < -0.3 is 5.32 Å². The molecule has 0 saturated heterocycles. The van der Waals surface area contributed by atoms with Crippen molar-refractivity contribution >= 4 is 0 Å². The molecule has 0 heterocycles. The zero-order chi connectivity index (χ0) is 22.0. The molecule has 6 saturated carbocycles. The molecule has 6 fully saturated rings. The van der Waals surface area contributed by atoms with Crippen molar-refractivity contribution in [3.8, 4) is 0 Å². The third-order valence-corrected chi connectivity index (χ3v) is 12.4. The fourth-order valence-electron chi connectivity index (χ4n) is 10.6. The maximum Gasteiger partial charge on any atom is 0.0135 e. The quantitative estimate of drug-likeness (QED) is 0.396. The Balaban J connectivity index is 1.25. The lowest BCUT2D eigenvalue weighted by Crippen LogP contribution is -2.67. The first-order valence-corrected chi connectivity index (χ1v) is 16.1. The third-order valence-electron chi connectivity index (χ3n) is 12.4. The van der Waals surface area contributed by atoms with E-state index < -0.39 is 0 Å². The Morgan fingerprint density at radius 2 is 0.970 bits per heavy atom. The van der Waals surface area contributed by atoms with Gasteiger partial charge in [0, 0.05) is 6.04 Å². The van der Waals surface area contributed by atoms with Gasteiger partial charge in [-0.1, -0.05) is 103 Å². The van der Waals surface area contributed by atoms with E-state index in [0.29, 0.717) is 0 Å². The van der Waals surface area contributed by atoms with Gasteiger partial charge in [0.2, 0.25) is 0 Å². The maximum absolute atomic E-state index is 4.43. The van der Waals surface area contributed by atoms with Crippen molar-refractivity contribution in [1.29, 1.82) is 0 Å². The molecule has 1 heteroatoms. The third kappa shape index (κ3) is 4.84. The van der Waals surface area contributed by atoms with Crippen molar-refractivity contribution in [2.45, 2.75) is 141 Å². The summed E-state index contributed by atoms with van der Waals surface area (Å²) >= 11 is 0. The van der Waals surface area contributed by atoms with Crippen LogP contribution in [0.1, 0.15) is 135 Å². The van der Waals surface area contributed by atoms with E-state index >= 15 is 0 Å². The smallest absolute Gasteiger partial charge is 0.0135 e. The van der Waals surface area contributed by atoms with E-state index in [2.05, 4.69) is 5.32 Å². The van der Waals surface area contributed by atoms with Crippen LogP contribution in [0.25, 0.3) is 0 Å². The van der Waals surface area contributed by atoms with E-state index in [4.69, 9.17) is 0 Å². The first kappa shape index (κ1) is 23.4. The molecule has 0 amide bonds. The molecule has 0 aromatic heterocycles. The maximum atomic E-state index is 4.43. The summed E-state index contributed by atoms with van der Waals surface area (Å²) in [7, 11) is 0. The van der Waals surface area contributed by atoms with Gasteiger partial charge in [-0.2, -0.15) is 0 Å². The van der Waals surface area contributed by atoms with Crippen LogP contribution >= 0.6 is 0 Å². The Hall–Kier alpha value is -0.0400. The zero-order valence-electron chi connectivity index (χ0n) is 21.8. The van der Waals surface area contributed by atoms with Gasteiger partial charge in [-0.25, -0.2) is 0 Å². The predicted octanol–water partition coefficient (Wildman–Crippen LogP) is 8.76. The lowest BCUT2D eigenvalue weighted by Gasteiger charge is -2.64. The van der Waals surface area contributed by atoms with Gasteiger partial charge in [-0.15, -0.1) is 0 Å². The summed E-state index contributed by atoms with van der Waals surface area (Å²) in [5, 5.41) is 4.43. The summed E-state index contributed by atoms with van der Waals surface area (Å²) < 4.78 is 0. The summed E-state index contributed by atoms with van der Waals surface area (Å²) in [6, 6.07) is 0.895. The molecule has 6 aliphatic rings. The Labute approximate surface area is 206 Å². The van der Waals surface area contributed by atoms with Crippen LogP contribution in [0.4, 0.5) is 0 Å². The second-order valence-corrected chi connectivity index (χ2v) is 13.9. The van der Waals surface area contributed by atoms with Crippen LogP contribution in [-0.2, 0) is 0 Å². The number of hydrogen-bond donors (Lipinski definition) is 1. The van der Waals surface area contributed by atoms with Gasteiger partial charge in [0.1, 0.15) is 0 Å². The van der Waals surface area contributed by atoms with E-state index in [0.717, 1.165) is 59.3 Å². The van der Waals surface area contributed by atoms with Crippen molar-refractivity contribution in [3.05, 3.63) is 0 Å². The number of hydrogen-bond acceptors (Lipinski definition) is 1. The topological polar surface area (TPSA) is 12.0 Å². The van der Waals surface area contributed by atoms with Crippen LogP contribution in [-0.4, -0.2) is 12.6 Å². The molecule has 0 aromatic rings. The molecular formula is C32H55N. The Morgan fingerprint density at radius 1 is 0.394 bits per heavy atom. The highest BCUT2D eigenvalue weighted by Gasteiger charge is 2.60. The van der Waals surface area contributed by atoms with Crippen molar-refractivity contribution in [2.24, 2.45) is 53.3 Å². The van der Waals surface area contributed by atoms with Gasteiger partial charge >= 0.3 is 0 Å². The van der Waals surface area contributed by atoms with Gasteiger partial charge in [-0.05, 0) is 91.9 Å². The van der Waals surface area contributed by atoms with Crippen LogP contribution in [0.2, 0.25) is 0 Å². The molecule has 7 unspecified atom stereocenters. The Morgan fingerprint density at radius 3 is 1.61 bits per heavy atom. The molecule has 6 rings (SSSR count). The normalized spacial score (nSPS) is 43.8. The zero-order valence-corrected chi connectivity index (χ0v) is 21.8. The van der Waals surface area contributed by atoms with Gasteiger partial charge in [-0.3, -0.25) is 0 Å². The summed E-state index contributed by atoms with van der Waals surface area (Å²) in [4.78, 5) is 0. The van der Waals surface area contributed by atoms with Gasteiger partial charge in [0.25, 0.3) is 0 Å². The van der Waals surface area contributed by atoms with Crippen LogP contribution in [0, 0.1) is 53.3 Å². The van der Waals surface area contributed by atoms with E-state index in [1.54, 1.807) is 70.6 Å². The molecule has 6 aliphatic carbocycles. The fraction of sp³-hybridized carbons (Fsp3) is 1.00. The average molecular weight is 454 g/mol. The first-order valence-electron chi connectivity index (χ1n) is 16.1. The minimum Gasteiger partial charge on any atom is -0.313 e. The SMILES string of the molecule is C1CCC(CNC2C(C3CCCCCC3)C(C3CCCCC3)C2C2CCCC3CCC32)CC1. The minimum absolute atomic E-state index is 0.895. The van der Waals surface area contributed by atoms with Crippen LogP contribution in [0.15, 0.2) is 0 Å². The highest BCUT2D eigenvalue weighted by Crippen LogP contribution is 2.62. The lowest BCUT2D eigenvalue weighted by molar-refractivity contribution is -0.138. The summed E-state index contributed by atoms with van der Waals surface area (Å²) in [5.41, 5.74) is 0. The molecule has 0 spiro atoms. The highest BCUT2D eigenvalue weighted by molar-refractivity contribution is 5.11. The Kier molecular flexibility index (Phi) is 7.73. The first-order chi connectivity index (χ1) is 16.4. The Bertz CT molecular complexity index is 594. The van der Waals surface area contributed by atoms with Gasteiger partial charge in [0.15, 0.2) is 0 Å². The minimum atomic E-state index is 0.895. The lowest BCUT2D eigenvalue weighted by atomic mass is 9.43. The summed E-state index contributed by atoms with van der Waals surface area (Å²) in [5.74, 6) is 9.68. The number of rotatable bonds is 6. The second-order valence-electron chi connectivity index (χ2n) is 13.9. The molecule has 1 N–H and O–H groups in total. The fourth-order valence-corrected chi connectivity index (χ4v) is 10.6. The highest BCUT2D eigenvalue weighted by atomic mass is 15.0. The molecular weight excluding hydrogens is 398 g/mol. The van der Waals surface area contributed by atoms with Crippen molar-refractivity contribution in [3.63, 3.8) is 0 Å². The molecule has 0 bridgehead atoms. The van der Waals surface area contributed by atoms with Gasteiger partial charge in [0.05, 0.1) is 0 Å². The standard InChI is InChI=1S/C32H55N/c1-2-8-17-26(16-7-1)30-29(25-14-9-4-10-15-25)31(28-19-11-18-24-20-21-27(24)28)32(30)33-22-23-12-5-3-6-13-23/h23-33H,1-22H2. The van der Waals surface area contributed by atoms with Crippen molar-refractivity contribution in [2.75, 3.05) is 6.54 Å². The molecule has 1 nitrogen and oxygen atoms in total. The van der Waals surface area contributed by atoms with Crippen molar-refractivity contribution in [1.82, 2.24) is 5.32 Å². The molecule has 0 radical (unpaired) electrons. The van der Waals surface area contributed by atoms with Crippen LogP contribution in [0.3, 0.4) is 0 Å². The monoisotopic (exact) mass is 453 g/mol. The summed E-state index contributed by atoms with van der Waals surface area (Å²) in [6.45, 7) is 1.36. The van der Waals surface area contributed by atoms with E-state index in [1.165, 1.54) is 70.8 Å². The van der Waals surface area contributed by atoms with E-state index in [9.17, 15) is 0 Å².